The third-order valence-corrected chi connectivity index (χ3v) is 17.0. The van der Waals surface area contributed by atoms with E-state index in [9.17, 15) is 86.9 Å². The molecule has 0 radical (unpaired) electrons. The lowest BCUT2D eigenvalue weighted by Gasteiger charge is -2.34. The number of fused-ring (bicyclic) bond motifs is 1. The Labute approximate surface area is 546 Å². The zero-order chi connectivity index (χ0) is 69.2. The van der Waals surface area contributed by atoms with Gasteiger partial charge in [-0.3, -0.25) is 62.9 Å². The SMILES string of the molecule is CSCC[C@H](NC(=O)[C@H](Cc1ccc(O)cc1)NC(=O)[C@@H](N)CC(=O)O)C(=O)N[C@@H](CN)C(=O)N[C@@H](Cc1c[nH]c2ccccc12)C(=O)N[C@@H](CCSC)C(=O)N[C@@H](CC(=O)O)C(=O)N(Cc1ccccc1)[C@@H](CNS(=O)(=O)c1ccccc1[N+](=O)[O-])C(=O)NCC(=O)O. The van der Waals surface area contributed by atoms with Crippen molar-refractivity contribution in [3.63, 3.8) is 0 Å². The summed E-state index contributed by atoms with van der Waals surface area (Å²) in [7, 11) is -4.93. The lowest BCUT2D eigenvalue weighted by Crippen LogP contribution is -2.62. The zero-order valence-corrected chi connectivity index (χ0v) is 53.1. The highest BCUT2D eigenvalue weighted by atomic mass is 32.2. The maximum Gasteiger partial charge on any atom is 0.322 e. The molecule has 0 saturated carbocycles. The van der Waals surface area contributed by atoms with Crippen molar-refractivity contribution < 1.29 is 86.5 Å². The van der Waals surface area contributed by atoms with Gasteiger partial charge in [0.25, 0.3) is 5.69 Å². The van der Waals surface area contributed by atoms with Gasteiger partial charge in [0.05, 0.1) is 23.8 Å². The lowest BCUT2D eigenvalue weighted by molar-refractivity contribution is -0.387. The summed E-state index contributed by atoms with van der Waals surface area (Å²) in [4.78, 5) is 164. The number of aromatic nitrogens is 1. The molecule has 8 amide bonds. The van der Waals surface area contributed by atoms with Crippen molar-refractivity contribution >= 4 is 115 Å². The van der Waals surface area contributed by atoms with Crippen LogP contribution >= 0.6 is 23.5 Å². The van der Waals surface area contributed by atoms with Crippen molar-refractivity contribution in [3.05, 3.63) is 136 Å². The molecule has 35 heteroatoms. The van der Waals surface area contributed by atoms with Crippen molar-refractivity contribution in [2.75, 3.05) is 43.7 Å². The van der Waals surface area contributed by atoms with Crippen LogP contribution in [0, 0.1) is 10.1 Å². The normalized spacial score (nSPS) is 13.8. The maximum absolute atomic E-state index is 15.1. The number of carbonyl (C=O) groups excluding carboxylic acids is 8. The number of nitrogens with one attached hydrogen (secondary N) is 9. The Bertz CT molecular complexity index is 3640. The molecule has 94 heavy (non-hydrogen) atoms. The highest BCUT2D eigenvalue weighted by molar-refractivity contribution is 7.98. The van der Waals surface area contributed by atoms with Crippen LogP contribution in [0.4, 0.5) is 5.69 Å². The molecule has 0 bridgehead atoms. The summed E-state index contributed by atoms with van der Waals surface area (Å²) in [6, 6.07) is 10.6. The molecule has 8 atom stereocenters. The molecule has 0 fully saturated rings. The number of aromatic hydroxyl groups is 1. The molecule has 4 aromatic carbocycles. The van der Waals surface area contributed by atoms with Crippen molar-refractivity contribution in [2.45, 2.75) is 98.3 Å². The van der Waals surface area contributed by atoms with E-state index >= 15 is 4.79 Å². The van der Waals surface area contributed by atoms with Gasteiger partial charge >= 0.3 is 17.9 Å². The summed E-state index contributed by atoms with van der Waals surface area (Å²) in [6.07, 6.45) is 2.12. The first-order chi connectivity index (χ1) is 44.7. The first-order valence-electron chi connectivity index (χ1n) is 28.8. The molecule has 0 spiro atoms. The van der Waals surface area contributed by atoms with Crippen molar-refractivity contribution in [1.29, 1.82) is 0 Å². The average Bonchev–Trinajstić information content (AvgIpc) is 1.08. The van der Waals surface area contributed by atoms with Crippen LogP contribution in [0.25, 0.3) is 10.9 Å². The summed E-state index contributed by atoms with van der Waals surface area (Å²) in [5.41, 5.74) is 12.8. The van der Waals surface area contributed by atoms with Crippen LogP contribution in [0.5, 0.6) is 5.75 Å². The average molecular weight is 1360 g/mol. The number of nitrogens with two attached hydrogens (primary N) is 2. The summed E-state index contributed by atoms with van der Waals surface area (Å²) in [6.45, 7) is -3.41. The molecule has 1 heterocycles. The Balaban J connectivity index is 1.47. The van der Waals surface area contributed by atoms with Gasteiger partial charge in [-0.15, -0.1) is 0 Å². The Morgan fingerprint density at radius 2 is 1.12 bits per heavy atom. The number of hydrogen-bond acceptors (Lipinski definition) is 20. The summed E-state index contributed by atoms with van der Waals surface area (Å²) in [5.74, 6) is -13.2. The van der Waals surface area contributed by atoms with E-state index in [1.165, 1.54) is 84.2 Å². The largest absolute Gasteiger partial charge is 0.508 e. The fourth-order valence-electron chi connectivity index (χ4n) is 9.39. The molecule has 0 aliphatic carbocycles. The monoisotopic (exact) mass is 1360 g/mol. The molecule has 0 aliphatic rings. The highest BCUT2D eigenvalue weighted by Gasteiger charge is 2.40. The number of carboxylic acids is 3. The van der Waals surface area contributed by atoms with E-state index in [-0.39, 0.29) is 48.5 Å². The van der Waals surface area contributed by atoms with E-state index in [1.54, 1.807) is 49.0 Å². The highest BCUT2D eigenvalue weighted by Crippen LogP contribution is 2.24. The molecule has 32 nitrogen and oxygen atoms in total. The summed E-state index contributed by atoms with van der Waals surface area (Å²) in [5, 5.41) is 68.4. The Kier molecular flexibility index (Phi) is 29.2. The number of aromatic amines is 1. The number of amides is 8. The molecule has 506 valence electrons. The van der Waals surface area contributed by atoms with Crippen LogP contribution in [0.2, 0.25) is 0 Å². The Morgan fingerprint density at radius 1 is 0.606 bits per heavy atom. The second kappa shape index (κ2) is 36.5. The fourth-order valence-corrected chi connectivity index (χ4v) is 11.5. The third-order valence-electron chi connectivity index (χ3n) is 14.2. The fraction of sp³-hybridized carbons (Fsp3) is 0.373. The Hall–Kier alpha value is -9.68. The maximum atomic E-state index is 15.1. The van der Waals surface area contributed by atoms with E-state index in [2.05, 4.69) is 46.9 Å². The van der Waals surface area contributed by atoms with Crippen LogP contribution in [0.3, 0.4) is 0 Å². The number of H-pyrrole nitrogens is 1. The first kappa shape index (κ1) is 75.0. The number of phenols is 1. The third kappa shape index (κ3) is 22.9. The molecular formula is C59H73N13O19S3. The number of phenolic OH excluding ortho intramolecular Hbond substituents is 1. The first-order valence-corrected chi connectivity index (χ1v) is 33.0. The van der Waals surface area contributed by atoms with Gasteiger partial charge in [-0.25, -0.2) is 13.1 Å². The minimum absolute atomic E-state index is 0.0569. The standard InChI is InChI=1S/C59H73N13O19S3/c1-92-22-20-40(53(81)69-44(27-50(76)77)59(87)71(32-34-10-4-3-5-11-34)47(58(86)63-31-51(78)79)30-64-94(90,91)48-15-9-8-14-46(48)72(88)89)66-56(84)43(25-35-29-62-39-13-7-6-12-37(35)39)68-57(85)45(28-60)70-54(82)41(21-23-93-2)65-55(83)42(24-33-16-18-36(73)19-17-33)67-52(80)38(61)26-49(74)75/h3-19,29,38,40-45,47,62,64,73H,20-28,30-32,60-61H2,1-2H3,(H,63,86)(H,65,83)(H,66,84)(H,67,80)(H,68,85)(H,69,81)(H,70,82)(H,74,75)(H,76,77)(H,78,79)/t38-,40-,41-,42-,43-,44-,45-,47-/m0/s1. The topological polar surface area (TPSA) is 513 Å². The van der Waals surface area contributed by atoms with Gasteiger partial charge in [0, 0.05) is 55.6 Å². The number of aliphatic carboxylic acids is 3. The van der Waals surface area contributed by atoms with Crippen LogP contribution in [0.15, 0.2) is 114 Å². The van der Waals surface area contributed by atoms with Gasteiger partial charge in [-0.2, -0.15) is 23.5 Å². The van der Waals surface area contributed by atoms with E-state index in [1.807, 2.05) is 0 Å². The molecule has 0 aliphatic heterocycles. The van der Waals surface area contributed by atoms with Crippen molar-refractivity contribution in [1.82, 2.24) is 51.8 Å². The predicted molar refractivity (Wildman–Crippen MR) is 343 cm³/mol. The minimum Gasteiger partial charge on any atom is -0.508 e. The number of nitro groups is 1. The quantitative estimate of drug-likeness (QED) is 0.0162. The molecule has 17 N–H and O–H groups in total. The lowest BCUT2D eigenvalue weighted by atomic mass is 10.0. The molecule has 5 rings (SSSR count). The molecular weight excluding hydrogens is 1290 g/mol. The number of carbonyl (C=O) groups is 11. The zero-order valence-electron chi connectivity index (χ0n) is 50.7. The molecule has 0 unspecified atom stereocenters. The van der Waals surface area contributed by atoms with Gasteiger partial charge in [-0.05, 0) is 77.8 Å². The molecule has 1 aromatic heterocycles. The number of thioether (sulfide) groups is 2. The summed E-state index contributed by atoms with van der Waals surface area (Å²) < 4.78 is 29.5. The number of hydrogen-bond donors (Lipinski definition) is 15. The Morgan fingerprint density at radius 3 is 1.69 bits per heavy atom. The summed E-state index contributed by atoms with van der Waals surface area (Å²) >= 11 is 2.49. The van der Waals surface area contributed by atoms with Crippen LogP contribution < -0.4 is 53.4 Å². The van der Waals surface area contributed by atoms with Crippen LogP contribution in [-0.2, 0) is 82.1 Å². The number of nitrogens with zero attached hydrogens (tertiary/aromatic N) is 2. The van der Waals surface area contributed by atoms with E-state index in [4.69, 9.17) is 11.5 Å². The van der Waals surface area contributed by atoms with E-state index in [0.717, 1.165) is 12.1 Å². The van der Waals surface area contributed by atoms with Gasteiger partial charge in [-0.1, -0.05) is 72.8 Å². The number of rotatable bonds is 39. The van der Waals surface area contributed by atoms with E-state index < -0.39 is 178 Å². The van der Waals surface area contributed by atoms with Crippen molar-refractivity contribution in [3.8, 4) is 5.75 Å². The number of nitro benzene ring substituents is 1. The second-order valence-electron chi connectivity index (χ2n) is 21.1. The van der Waals surface area contributed by atoms with E-state index in [0.29, 0.717) is 26.9 Å². The van der Waals surface area contributed by atoms with Gasteiger partial charge < -0.3 is 79.0 Å². The van der Waals surface area contributed by atoms with Gasteiger partial charge in [0.2, 0.25) is 57.3 Å². The van der Waals surface area contributed by atoms with Gasteiger partial charge in [0.15, 0.2) is 4.90 Å². The van der Waals surface area contributed by atoms with Crippen molar-refractivity contribution in [2.24, 2.45) is 11.5 Å². The smallest absolute Gasteiger partial charge is 0.322 e. The second-order valence-corrected chi connectivity index (χ2v) is 24.8. The number of sulfonamides is 1. The molecule has 0 saturated heterocycles. The minimum atomic E-state index is -4.93. The van der Waals surface area contributed by atoms with Crippen LogP contribution in [0.1, 0.15) is 42.4 Å². The van der Waals surface area contributed by atoms with Gasteiger partial charge in [0.1, 0.15) is 54.6 Å². The number of para-hydroxylation sites is 2. The number of carboxylic acid groups (broad SMARTS) is 3. The predicted octanol–water partition coefficient (Wildman–Crippen LogP) is -1.21. The number of benzene rings is 4. The van der Waals surface area contributed by atoms with Crippen LogP contribution in [-0.4, -0.2) is 201 Å². The molecule has 5 aromatic rings.